The van der Waals surface area contributed by atoms with E-state index in [0.717, 1.165) is 0 Å². The van der Waals surface area contributed by atoms with Crippen molar-refractivity contribution in [2.75, 3.05) is 13.2 Å². The third-order valence-electron chi connectivity index (χ3n) is 2.33. The topological polar surface area (TPSA) is 55.8 Å². The van der Waals surface area contributed by atoms with Gasteiger partial charge in [-0.1, -0.05) is 5.92 Å². The lowest BCUT2D eigenvalue weighted by Crippen LogP contribution is -2.05. The quantitative estimate of drug-likeness (QED) is 0.762. The summed E-state index contributed by atoms with van der Waals surface area (Å²) >= 11 is 0. The molecule has 0 radical (unpaired) electrons. The predicted molar refractivity (Wildman–Crippen MR) is 56.0 cm³/mol. The molecule has 16 heavy (non-hydrogen) atoms. The van der Waals surface area contributed by atoms with Crippen LogP contribution >= 0.6 is 0 Å². The molecular formula is C12H10O4. The first-order chi connectivity index (χ1) is 7.72. The largest absolute Gasteiger partial charge is 0.478 e. The zero-order valence-electron chi connectivity index (χ0n) is 8.47. The van der Waals surface area contributed by atoms with Crippen molar-refractivity contribution in [1.82, 2.24) is 0 Å². The van der Waals surface area contributed by atoms with E-state index < -0.39 is 12.3 Å². The fourth-order valence-corrected chi connectivity index (χ4v) is 1.56. The first-order valence-electron chi connectivity index (χ1n) is 4.79. The maximum Gasteiger partial charge on any atom is 0.335 e. The van der Waals surface area contributed by atoms with E-state index >= 15 is 0 Å². The second kappa shape index (κ2) is 4.35. The van der Waals surface area contributed by atoms with Crippen LogP contribution in [-0.4, -0.2) is 24.3 Å². The van der Waals surface area contributed by atoms with Gasteiger partial charge in [0.1, 0.15) is 0 Å². The van der Waals surface area contributed by atoms with E-state index in [1.54, 1.807) is 6.07 Å². The SMILES string of the molecule is C#Cc1ccc(C(=O)O)cc1C1OCCO1. The van der Waals surface area contributed by atoms with E-state index in [0.29, 0.717) is 24.3 Å². The molecule has 0 aliphatic carbocycles. The number of terminal acetylenes is 1. The molecule has 1 aliphatic heterocycles. The van der Waals surface area contributed by atoms with Gasteiger partial charge in [-0.3, -0.25) is 0 Å². The Balaban J connectivity index is 2.43. The van der Waals surface area contributed by atoms with Crippen molar-refractivity contribution in [3.05, 3.63) is 34.9 Å². The highest BCUT2D eigenvalue weighted by Crippen LogP contribution is 2.27. The molecule has 1 fully saturated rings. The van der Waals surface area contributed by atoms with Crippen molar-refractivity contribution < 1.29 is 19.4 Å². The van der Waals surface area contributed by atoms with Gasteiger partial charge in [0.15, 0.2) is 6.29 Å². The number of carbonyl (C=O) groups is 1. The van der Waals surface area contributed by atoms with Crippen molar-refractivity contribution in [2.24, 2.45) is 0 Å². The summed E-state index contributed by atoms with van der Waals surface area (Å²) in [5, 5.41) is 8.88. The Bertz CT molecular complexity index is 453. The number of rotatable bonds is 2. The smallest absolute Gasteiger partial charge is 0.335 e. The van der Waals surface area contributed by atoms with Crippen LogP contribution in [0.25, 0.3) is 0 Å². The monoisotopic (exact) mass is 218 g/mol. The fraction of sp³-hybridized carbons (Fsp3) is 0.250. The van der Waals surface area contributed by atoms with Crippen LogP contribution in [0.4, 0.5) is 0 Å². The third kappa shape index (κ3) is 1.91. The molecule has 0 atom stereocenters. The Hall–Kier alpha value is -1.83. The lowest BCUT2D eigenvalue weighted by Gasteiger charge is -2.12. The van der Waals surface area contributed by atoms with Crippen molar-refractivity contribution in [1.29, 1.82) is 0 Å². The van der Waals surface area contributed by atoms with Crippen LogP contribution in [0.1, 0.15) is 27.8 Å². The number of ether oxygens (including phenoxy) is 2. The standard InChI is InChI=1S/C12H10O4/c1-2-8-3-4-9(11(13)14)7-10(8)12-15-5-6-16-12/h1,3-4,7,12H,5-6H2,(H,13,14). The van der Waals surface area contributed by atoms with Gasteiger partial charge in [0.2, 0.25) is 0 Å². The van der Waals surface area contributed by atoms with Crippen LogP contribution in [0.15, 0.2) is 18.2 Å². The molecule has 4 nitrogen and oxygen atoms in total. The third-order valence-corrected chi connectivity index (χ3v) is 2.33. The van der Waals surface area contributed by atoms with Crippen molar-refractivity contribution in [2.45, 2.75) is 6.29 Å². The highest BCUT2D eigenvalue weighted by atomic mass is 16.7. The molecule has 1 saturated heterocycles. The molecule has 1 aromatic rings. The Morgan fingerprint density at radius 1 is 1.44 bits per heavy atom. The highest BCUT2D eigenvalue weighted by molar-refractivity contribution is 5.88. The molecule has 1 N–H and O–H groups in total. The lowest BCUT2D eigenvalue weighted by molar-refractivity contribution is -0.0443. The van der Waals surface area contributed by atoms with E-state index in [2.05, 4.69) is 5.92 Å². The number of carboxylic acid groups (broad SMARTS) is 1. The molecular weight excluding hydrogens is 208 g/mol. The van der Waals surface area contributed by atoms with Crippen LogP contribution in [0.5, 0.6) is 0 Å². The number of benzene rings is 1. The number of hydrogen-bond acceptors (Lipinski definition) is 3. The molecule has 0 bridgehead atoms. The summed E-state index contributed by atoms with van der Waals surface area (Å²) in [6.07, 6.45) is 4.79. The van der Waals surface area contributed by atoms with Crippen LogP contribution in [-0.2, 0) is 9.47 Å². The van der Waals surface area contributed by atoms with Gasteiger partial charge in [-0.25, -0.2) is 4.79 Å². The first kappa shape index (κ1) is 10.7. The molecule has 2 rings (SSSR count). The average Bonchev–Trinajstić information content (AvgIpc) is 2.81. The zero-order chi connectivity index (χ0) is 11.5. The maximum absolute atomic E-state index is 10.8. The van der Waals surface area contributed by atoms with Crippen molar-refractivity contribution >= 4 is 5.97 Å². The number of carboxylic acids is 1. The second-order valence-corrected chi connectivity index (χ2v) is 3.33. The van der Waals surface area contributed by atoms with Gasteiger partial charge in [0, 0.05) is 11.1 Å². The van der Waals surface area contributed by atoms with E-state index in [9.17, 15) is 4.79 Å². The fourth-order valence-electron chi connectivity index (χ4n) is 1.56. The van der Waals surface area contributed by atoms with Crippen LogP contribution in [0.3, 0.4) is 0 Å². The predicted octanol–water partition coefficient (Wildman–Crippen LogP) is 1.41. The molecule has 1 aliphatic rings. The zero-order valence-corrected chi connectivity index (χ0v) is 8.47. The van der Waals surface area contributed by atoms with Gasteiger partial charge in [-0.2, -0.15) is 0 Å². The van der Waals surface area contributed by atoms with Crippen molar-refractivity contribution in [3.8, 4) is 12.3 Å². The summed E-state index contributed by atoms with van der Waals surface area (Å²) in [6.45, 7) is 0.984. The highest BCUT2D eigenvalue weighted by Gasteiger charge is 2.22. The molecule has 0 spiro atoms. The Morgan fingerprint density at radius 2 is 2.12 bits per heavy atom. The summed E-state index contributed by atoms with van der Waals surface area (Å²) in [6, 6.07) is 4.55. The minimum Gasteiger partial charge on any atom is -0.478 e. The van der Waals surface area contributed by atoms with Crippen LogP contribution in [0.2, 0.25) is 0 Å². The molecule has 1 heterocycles. The van der Waals surface area contributed by atoms with Gasteiger partial charge in [-0.05, 0) is 18.2 Å². The van der Waals surface area contributed by atoms with E-state index in [-0.39, 0.29) is 5.56 Å². The average molecular weight is 218 g/mol. The molecule has 0 unspecified atom stereocenters. The molecule has 0 amide bonds. The van der Waals surface area contributed by atoms with Gasteiger partial charge < -0.3 is 14.6 Å². The van der Waals surface area contributed by atoms with E-state index in [1.165, 1.54) is 12.1 Å². The minimum absolute atomic E-state index is 0.174. The maximum atomic E-state index is 10.8. The number of aromatic carboxylic acids is 1. The van der Waals surface area contributed by atoms with Crippen molar-refractivity contribution in [3.63, 3.8) is 0 Å². The first-order valence-corrected chi connectivity index (χ1v) is 4.79. The Labute approximate surface area is 92.8 Å². The van der Waals surface area contributed by atoms with Gasteiger partial charge >= 0.3 is 5.97 Å². The van der Waals surface area contributed by atoms with Crippen LogP contribution in [0, 0.1) is 12.3 Å². The van der Waals surface area contributed by atoms with E-state index in [4.69, 9.17) is 21.0 Å². The van der Waals surface area contributed by atoms with E-state index in [1.807, 2.05) is 0 Å². The number of hydrogen-bond donors (Lipinski definition) is 1. The summed E-state index contributed by atoms with van der Waals surface area (Å²) in [5.41, 5.74) is 1.37. The van der Waals surface area contributed by atoms with Gasteiger partial charge in [-0.15, -0.1) is 6.42 Å². The van der Waals surface area contributed by atoms with Gasteiger partial charge in [0.05, 0.1) is 18.8 Å². The summed E-state index contributed by atoms with van der Waals surface area (Å²) in [5.74, 6) is 1.49. The Morgan fingerprint density at radius 3 is 2.69 bits per heavy atom. The normalized spacial score (nSPS) is 15.9. The molecule has 82 valence electrons. The lowest BCUT2D eigenvalue weighted by atomic mass is 10.0. The molecule has 4 heteroatoms. The minimum atomic E-state index is -0.997. The summed E-state index contributed by atoms with van der Waals surface area (Å²) in [4.78, 5) is 10.8. The Kier molecular flexibility index (Phi) is 2.91. The molecule has 0 saturated carbocycles. The molecule has 1 aromatic carbocycles. The second-order valence-electron chi connectivity index (χ2n) is 3.33. The summed E-state index contributed by atoms with van der Waals surface area (Å²) in [7, 11) is 0. The van der Waals surface area contributed by atoms with Crippen LogP contribution < -0.4 is 0 Å². The molecule has 0 aromatic heterocycles. The summed E-state index contributed by atoms with van der Waals surface area (Å²) < 4.78 is 10.6. The van der Waals surface area contributed by atoms with Gasteiger partial charge in [0.25, 0.3) is 0 Å².